The molecule has 0 aliphatic carbocycles. The number of rotatable bonds is 5. The molecule has 0 spiro atoms. The predicted molar refractivity (Wildman–Crippen MR) is 115 cm³/mol. The second-order valence-corrected chi connectivity index (χ2v) is 7.85. The number of guanidine groups is 1. The van der Waals surface area contributed by atoms with Gasteiger partial charge in [0.05, 0.1) is 6.54 Å². The molecular weight excluding hydrogens is 413 g/mol. The van der Waals surface area contributed by atoms with Crippen molar-refractivity contribution in [3.05, 3.63) is 0 Å². The number of nitrogens with zero attached hydrogens (tertiary/aromatic N) is 4. The van der Waals surface area contributed by atoms with Crippen molar-refractivity contribution < 1.29 is 0 Å². The SMILES string of the molecule is CCNC(=NCC(C)N1CCN(CC)CC1)N1CCC(C)(C)C1.I. The third-order valence-corrected chi connectivity index (χ3v) is 5.29. The van der Waals surface area contributed by atoms with Gasteiger partial charge in [0.2, 0.25) is 0 Å². The van der Waals surface area contributed by atoms with Gasteiger partial charge in [0.25, 0.3) is 0 Å². The molecule has 2 rings (SSSR count). The highest BCUT2D eigenvalue weighted by Gasteiger charge is 2.31. The number of halogens is 1. The molecule has 1 N–H and O–H groups in total. The Morgan fingerprint density at radius 3 is 2.29 bits per heavy atom. The van der Waals surface area contributed by atoms with Gasteiger partial charge in [-0.1, -0.05) is 20.8 Å². The van der Waals surface area contributed by atoms with Crippen molar-refractivity contribution in [3.63, 3.8) is 0 Å². The number of aliphatic imine (C=N–C) groups is 1. The maximum atomic E-state index is 4.95. The van der Waals surface area contributed by atoms with Crippen LogP contribution in [0.5, 0.6) is 0 Å². The average molecular weight is 451 g/mol. The highest BCUT2D eigenvalue weighted by Crippen LogP contribution is 2.28. The monoisotopic (exact) mass is 451 g/mol. The molecule has 0 bridgehead atoms. The van der Waals surface area contributed by atoms with Crippen molar-refractivity contribution in [2.75, 3.05) is 58.9 Å². The molecule has 2 fully saturated rings. The van der Waals surface area contributed by atoms with E-state index in [1.54, 1.807) is 0 Å². The molecule has 24 heavy (non-hydrogen) atoms. The number of piperazine rings is 1. The number of hydrogen-bond acceptors (Lipinski definition) is 3. The van der Waals surface area contributed by atoms with Crippen LogP contribution in [0.3, 0.4) is 0 Å². The van der Waals surface area contributed by atoms with Crippen LogP contribution in [0.4, 0.5) is 0 Å². The first-order valence-electron chi connectivity index (χ1n) is 9.45. The van der Waals surface area contributed by atoms with E-state index in [-0.39, 0.29) is 24.0 Å². The summed E-state index contributed by atoms with van der Waals surface area (Å²) in [6.45, 7) is 21.5. The van der Waals surface area contributed by atoms with E-state index >= 15 is 0 Å². The van der Waals surface area contributed by atoms with Crippen LogP contribution in [-0.2, 0) is 0 Å². The van der Waals surface area contributed by atoms with Crippen molar-refractivity contribution in [2.24, 2.45) is 10.4 Å². The Kier molecular flexibility index (Phi) is 9.30. The standard InChI is InChI=1S/C18H37N5.HI/c1-6-19-17(23-9-8-18(4,5)15-23)20-14-16(3)22-12-10-21(7-2)11-13-22;/h16H,6-15H2,1-5H3,(H,19,20);1H. The van der Waals surface area contributed by atoms with Gasteiger partial charge in [-0.25, -0.2) is 0 Å². The number of nitrogens with one attached hydrogen (secondary N) is 1. The molecule has 6 heteroatoms. The Balaban J connectivity index is 0.00000288. The number of likely N-dealkylation sites (tertiary alicyclic amines) is 1. The second kappa shape index (κ2) is 10.2. The van der Waals surface area contributed by atoms with Crippen molar-refractivity contribution in [2.45, 2.75) is 47.1 Å². The summed E-state index contributed by atoms with van der Waals surface area (Å²) in [4.78, 5) is 12.5. The number of likely N-dealkylation sites (N-methyl/N-ethyl adjacent to an activating group) is 1. The molecule has 2 heterocycles. The molecule has 0 radical (unpaired) electrons. The Morgan fingerprint density at radius 2 is 1.79 bits per heavy atom. The summed E-state index contributed by atoms with van der Waals surface area (Å²) in [5.74, 6) is 1.11. The van der Waals surface area contributed by atoms with Gasteiger partial charge in [-0.3, -0.25) is 9.89 Å². The largest absolute Gasteiger partial charge is 0.357 e. The predicted octanol–water partition coefficient (Wildman–Crippen LogP) is 2.33. The highest BCUT2D eigenvalue weighted by atomic mass is 127. The lowest BCUT2D eigenvalue weighted by atomic mass is 9.93. The average Bonchev–Trinajstić information content (AvgIpc) is 2.91. The summed E-state index contributed by atoms with van der Waals surface area (Å²) in [6, 6.07) is 0.526. The van der Waals surface area contributed by atoms with Crippen LogP contribution in [0.15, 0.2) is 4.99 Å². The van der Waals surface area contributed by atoms with Crippen molar-refractivity contribution in [1.82, 2.24) is 20.0 Å². The van der Waals surface area contributed by atoms with E-state index in [0.29, 0.717) is 11.5 Å². The Morgan fingerprint density at radius 1 is 1.12 bits per heavy atom. The first kappa shape index (κ1) is 22.0. The van der Waals surface area contributed by atoms with Gasteiger partial charge in [0, 0.05) is 51.9 Å². The molecule has 0 saturated carbocycles. The zero-order chi connectivity index (χ0) is 16.9. The van der Waals surface area contributed by atoms with Gasteiger partial charge in [0.15, 0.2) is 5.96 Å². The molecule has 142 valence electrons. The van der Waals surface area contributed by atoms with Crippen LogP contribution in [0.1, 0.15) is 41.0 Å². The van der Waals surface area contributed by atoms with E-state index in [2.05, 4.69) is 54.6 Å². The summed E-state index contributed by atoms with van der Waals surface area (Å²) in [7, 11) is 0. The minimum atomic E-state index is 0. The van der Waals surface area contributed by atoms with Crippen LogP contribution in [0.25, 0.3) is 0 Å². The fourth-order valence-electron chi connectivity index (χ4n) is 3.57. The molecule has 0 amide bonds. The molecule has 5 nitrogen and oxygen atoms in total. The summed E-state index contributed by atoms with van der Waals surface area (Å²) in [5, 5.41) is 3.49. The van der Waals surface area contributed by atoms with Crippen LogP contribution in [0.2, 0.25) is 0 Å². The molecule has 2 aliphatic heterocycles. The molecule has 1 atom stereocenters. The molecule has 0 aromatic carbocycles. The first-order chi connectivity index (χ1) is 10.9. The van der Waals surface area contributed by atoms with E-state index < -0.39 is 0 Å². The van der Waals surface area contributed by atoms with Crippen LogP contribution >= 0.6 is 24.0 Å². The maximum absolute atomic E-state index is 4.95. The third-order valence-electron chi connectivity index (χ3n) is 5.29. The van der Waals surface area contributed by atoms with Gasteiger partial charge in [-0.05, 0) is 32.2 Å². The molecule has 1 unspecified atom stereocenters. The highest BCUT2D eigenvalue weighted by molar-refractivity contribution is 14.0. The van der Waals surface area contributed by atoms with E-state index in [0.717, 1.165) is 32.1 Å². The minimum Gasteiger partial charge on any atom is -0.357 e. The summed E-state index contributed by atoms with van der Waals surface area (Å²) in [6.07, 6.45) is 1.26. The van der Waals surface area contributed by atoms with Gasteiger partial charge in [-0.2, -0.15) is 0 Å². The zero-order valence-corrected chi connectivity index (χ0v) is 18.7. The van der Waals surface area contributed by atoms with Gasteiger partial charge < -0.3 is 15.1 Å². The zero-order valence-electron chi connectivity index (χ0n) is 16.3. The van der Waals surface area contributed by atoms with E-state index in [1.165, 1.54) is 39.1 Å². The quantitative estimate of drug-likeness (QED) is 0.395. The first-order valence-corrected chi connectivity index (χ1v) is 9.45. The van der Waals surface area contributed by atoms with Gasteiger partial charge in [-0.15, -0.1) is 24.0 Å². The normalized spacial score (nSPS) is 23.9. The van der Waals surface area contributed by atoms with Crippen LogP contribution in [-0.4, -0.2) is 85.6 Å². The minimum absolute atomic E-state index is 0. The van der Waals surface area contributed by atoms with Crippen LogP contribution in [0, 0.1) is 5.41 Å². The molecular formula is C18H38IN5. The van der Waals surface area contributed by atoms with Gasteiger partial charge >= 0.3 is 0 Å². The molecule has 2 aliphatic rings. The van der Waals surface area contributed by atoms with Crippen molar-refractivity contribution in [1.29, 1.82) is 0 Å². The fraction of sp³-hybridized carbons (Fsp3) is 0.944. The van der Waals surface area contributed by atoms with Crippen molar-refractivity contribution in [3.8, 4) is 0 Å². The summed E-state index contributed by atoms with van der Waals surface area (Å²) < 4.78 is 0. The Labute approximate surface area is 166 Å². The maximum Gasteiger partial charge on any atom is 0.193 e. The van der Waals surface area contributed by atoms with E-state index in [4.69, 9.17) is 4.99 Å². The summed E-state index contributed by atoms with van der Waals surface area (Å²) >= 11 is 0. The summed E-state index contributed by atoms with van der Waals surface area (Å²) in [5.41, 5.74) is 0.415. The Bertz CT molecular complexity index is 391. The fourth-order valence-corrected chi connectivity index (χ4v) is 3.57. The molecule has 0 aromatic rings. The third kappa shape index (κ3) is 6.33. The van der Waals surface area contributed by atoms with E-state index in [9.17, 15) is 0 Å². The van der Waals surface area contributed by atoms with Crippen molar-refractivity contribution >= 4 is 29.9 Å². The lowest BCUT2D eigenvalue weighted by Gasteiger charge is -2.37. The van der Waals surface area contributed by atoms with Crippen LogP contribution < -0.4 is 5.32 Å². The Hall–Kier alpha value is -0.0800. The molecule has 0 aromatic heterocycles. The van der Waals surface area contributed by atoms with Gasteiger partial charge in [0.1, 0.15) is 0 Å². The number of hydrogen-bond donors (Lipinski definition) is 1. The smallest absolute Gasteiger partial charge is 0.193 e. The van der Waals surface area contributed by atoms with E-state index in [1.807, 2.05) is 0 Å². The lowest BCUT2D eigenvalue weighted by Crippen LogP contribution is -2.50. The topological polar surface area (TPSA) is 34.1 Å². The second-order valence-electron chi connectivity index (χ2n) is 7.85. The lowest BCUT2D eigenvalue weighted by molar-refractivity contribution is 0.109. The molecule has 2 saturated heterocycles.